The minimum atomic E-state index is -1.82. The van der Waals surface area contributed by atoms with Gasteiger partial charge in [-0.25, -0.2) is 9.59 Å². The van der Waals surface area contributed by atoms with Gasteiger partial charge < -0.3 is 34.1 Å². The molecule has 190 valence electrons. The monoisotopic (exact) mass is 490 g/mol. The lowest BCUT2D eigenvalue weighted by Gasteiger charge is -2.35. The molecule has 0 atom stereocenters. The van der Waals surface area contributed by atoms with Crippen LogP contribution in [0.4, 0.5) is 0 Å². The van der Waals surface area contributed by atoms with Crippen LogP contribution in [0.15, 0.2) is 36.4 Å². The smallest absolute Gasteiger partial charge is 0.414 e. The largest absolute Gasteiger partial charge is 0.497 e. The zero-order valence-corrected chi connectivity index (χ0v) is 20.1. The van der Waals surface area contributed by atoms with E-state index in [1.807, 2.05) is 23.1 Å². The van der Waals surface area contributed by atoms with Crippen LogP contribution < -0.4 is 18.9 Å². The number of ether oxygens (including phenoxy) is 4. The van der Waals surface area contributed by atoms with E-state index in [1.54, 1.807) is 46.6 Å². The third kappa shape index (κ3) is 7.78. The number of carboxylic acids is 2. The number of hydrogen-bond acceptors (Lipinski definition) is 8. The minimum absolute atomic E-state index is 0.0131. The molecule has 0 radical (unpaired) electrons. The lowest BCUT2D eigenvalue weighted by atomic mass is 10.1. The van der Waals surface area contributed by atoms with Gasteiger partial charge in [0.2, 0.25) is 0 Å². The van der Waals surface area contributed by atoms with Crippen LogP contribution in [-0.2, 0) is 16.1 Å². The van der Waals surface area contributed by atoms with E-state index in [0.29, 0.717) is 30.2 Å². The molecule has 3 rings (SSSR count). The van der Waals surface area contributed by atoms with Crippen molar-refractivity contribution < 1.29 is 43.5 Å². The summed E-state index contributed by atoms with van der Waals surface area (Å²) in [5, 5.41) is 14.8. The van der Waals surface area contributed by atoms with Crippen LogP contribution in [-0.4, -0.2) is 92.5 Å². The van der Waals surface area contributed by atoms with Crippen LogP contribution in [0.3, 0.4) is 0 Å². The van der Waals surface area contributed by atoms with Gasteiger partial charge in [-0.05, 0) is 30.3 Å². The number of carbonyl (C=O) groups is 3. The van der Waals surface area contributed by atoms with Crippen LogP contribution in [0.1, 0.15) is 15.9 Å². The lowest BCUT2D eigenvalue weighted by molar-refractivity contribution is -0.159. The second-order valence-corrected chi connectivity index (χ2v) is 7.46. The number of hydrogen-bond donors (Lipinski definition) is 2. The zero-order chi connectivity index (χ0) is 26.0. The molecule has 11 heteroatoms. The molecule has 2 aromatic rings. The van der Waals surface area contributed by atoms with Gasteiger partial charge in [0.25, 0.3) is 5.91 Å². The number of methoxy groups -OCH3 is 4. The van der Waals surface area contributed by atoms with Gasteiger partial charge in [-0.1, -0.05) is 0 Å². The standard InChI is InChI=1S/C22H28N2O5.C2H2O4/c1-26-18-5-6-21(29-4)17(13-18)15-23-7-9-24(10-8-23)22(25)16-11-19(27-2)14-20(12-16)28-3;3-1(4)2(5)6/h5-6,11-14H,7-10,15H2,1-4H3;(H,3,4)(H,5,6). The van der Waals surface area contributed by atoms with E-state index in [-0.39, 0.29) is 5.91 Å². The molecule has 0 aliphatic carbocycles. The molecule has 2 aromatic carbocycles. The van der Waals surface area contributed by atoms with Crippen molar-refractivity contribution in [2.75, 3.05) is 54.6 Å². The van der Waals surface area contributed by atoms with E-state index >= 15 is 0 Å². The second kappa shape index (κ2) is 13.0. The summed E-state index contributed by atoms with van der Waals surface area (Å²) in [6.45, 7) is 3.63. The third-order valence-electron chi connectivity index (χ3n) is 5.32. The maximum absolute atomic E-state index is 12.9. The Morgan fingerprint density at radius 3 is 1.74 bits per heavy atom. The number of piperazine rings is 1. The summed E-state index contributed by atoms with van der Waals surface area (Å²) >= 11 is 0. The highest BCUT2D eigenvalue weighted by atomic mass is 16.5. The molecule has 2 N–H and O–H groups in total. The molecule has 11 nitrogen and oxygen atoms in total. The quantitative estimate of drug-likeness (QED) is 0.554. The molecule has 1 amide bonds. The molecule has 1 aliphatic heterocycles. The summed E-state index contributed by atoms with van der Waals surface area (Å²) < 4.78 is 21.4. The predicted octanol–water partition coefficient (Wildman–Crippen LogP) is 1.83. The van der Waals surface area contributed by atoms with Crippen LogP contribution in [0.25, 0.3) is 0 Å². The summed E-state index contributed by atoms with van der Waals surface area (Å²) in [4.78, 5) is 35.3. The molecule has 35 heavy (non-hydrogen) atoms. The van der Waals surface area contributed by atoms with Crippen molar-refractivity contribution in [2.24, 2.45) is 0 Å². The Kier molecular flexibility index (Phi) is 10.2. The Morgan fingerprint density at radius 2 is 1.29 bits per heavy atom. The first-order valence-corrected chi connectivity index (χ1v) is 10.6. The van der Waals surface area contributed by atoms with E-state index in [2.05, 4.69) is 4.90 Å². The molecule has 0 unspecified atom stereocenters. The van der Waals surface area contributed by atoms with E-state index in [9.17, 15) is 4.79 Å². The molecule has 1 saturated heterocycles. The van der Waals surface area contributed by atoms with Gasteiger partial charge in [0.15, 0.2) is 0 Å². The van der Waals surface area contributed by atoms with E-state index in [1.165, 1.54) is 0 Å². The maximum atomic E-state index is 12.9. The Labute approximate surface area is 203 Å². The SMILES string of the molecule is COc1cc(OC)cc(C(=O)N2CCN(Cc3cc(OC)ccc3OC)CC2)c1.O=C(O)C(=O)O. The van der Waals surface area contributed by atoms with Gasteiger partial charge in [-0.15, -0.1) is 0 Å². The summed E-state index contributed by atoms with van der Waals surface area (Å²) in [5.74, 6) is -0.798. The van der Waals surface area contributed by atoms with Crippen molar-refractivity contribution in [2.45, 2.75) is 6.54 Å². The van der Waals surface area contributed by atoms with Crippen LogP contribution in [0.5, 0.6) is 23.0 Å². The van der Waals surface area contributed by atoms with Crippen molar-refractivity contribution in [1.82, 2.24) is 9.80 Å². The minimum Gasteiger partial charge on any atom is -0.497 e. The Hall–Kier alpha value is -3.99. The van der Waals surface area contributed by atoms with Gasteiger partial charge in [0, 0.05) is 49.9 Å². The third-order valence-corrected chi connectivity index (χ3v) is 5.32. The molecular formula is C24H30N2O9. The molecule has 0 bridgehead atoms. The van der Waals surface area contributed by atoms with Gasteiger partial charge in [0.05, 0.1) is 28.4 Å². The predicted molar refractivity (Wildman–Crippen MR) is 126 cm³/mol. The Bertz CT molecular complexity index is 999. The van der Waals surface area contributed by atoms with Gasteiger partial charge in [-0.2, -0.15) is 0 Å². The zero-order valence-electron chi connectivity index (χ0n) is 20.1. The van der Waals surface area contributed by atoms with E-state index < -0.39 is 11.9 Å². The molecular weight excluding hydrogens is 460 g/mol. The van der Waals surface area contributed by atoms with E-state index in [0.717, 1.165) is 36.7 Å². The first-order chi connectivity index (χ1) is 16.7. The number of carbonyl (C=O) groups excluding carboxylic acids is 1. The molecule has 0 saturated carbocycles. The topological polar surface area (TPSA) is 135 Å². The normalized spacial score (nSPS) is 13.2. The fraction of sp³-hybridized carbons (Fsp3) is 0.375. The second-order valence-electron chi connectivity index (χ2n) is 7.46. The molecule has 1 fully saturated rings. The van der Waals surface area contributed by atoms with E-state index in [4.69, 9.17) is 38.7 Å². The molecule has 1 heterocycles. The summed E-state index contributed by atoms with van der Waals surface area (Å²) in [6.07, 6.45) is 0. The van der Waals surface area contributed by atoms with Crippen molar-refractivity contribution in [3.05, 3.63) is 47.5 Å². The summed E-state index contributed by atoms with van der Waals surface area (Å²) in [7, 11) is 6.48. The molecule has 0 spiro atoms. The summed E-state index contributed by atoms with van der Waals surface area (Å²) in [6, 6.07) is 11.1. The fourth-order valence-corrected chi connectivity index (χ4v) is 3.47. The average molecular weight is 491 g/mol. The number of nitrogens with zero attached hydrogens (tertiary/aromatic N) is 2. The summed E-state index contributed by atoms with van der Waals surface area (Å²) in [5.41, 5.74) is 1.65. The Morgan fingerprint density at radius 1 is 0.743 bits per heavy atom. The molecule has 1 aliphatic rings. The number of aliphatic carboxylic acids is 2. The van der Waals surface area contributed by atoms with Crippen molar-refractivity contribution in [3.63, 3.8) is 0 Å². The first-order valence-electron chi connectivity index (χ1n) is 10.6. The van der Waals surface area contributed by atoms with Crippen LogP contribution in [0, 0.1) is 0 Å². The van der Waals surface area contributed by atoms with Gasteiger partial charge in [-0.3, -0.25) is 9.69 Å². The number of rotatable bonds is 7. The number of amides is 1. The van der Waals surface area contributed by atoms with Gasteiger partial charge in [0.1, 0.15) is 23.0 Å². The number of benzene rings is 2. The fourth-order valence-electron chi connectivity index (χ4n) is 3.47. The highest BCUT2D eigenvalue weighted by Gasteiger charge is 2.24. The van der Waals surface area contributed by atoms with Crippen LogP contribution >= 0.6 is 0 Å². The van der Waals surface area contributed by atoms with Crippen molar-refractivity contribution >= 4 is 17.8 Å². The highest BCUT2D eigenvalue weighted by Crippen LogP contribution is 2.26. The van der Waals surface area contributed by atoms with Crippen molar-refractivity contribution in [3.8, 4) is 23.0 Å². The van der Waals surface area contributed by atoms with Crippen molar-refractivity contribution in [1.29, 1.82) is 0 Å². The first kappa shape index (κ1) is 27.3. The number of carboxylic acid groups (broad SMARTS) is 2. The average Bonchev–Trinajstić information content (AvgIpc) is 2.88. The molecule has 0 aromatic heterocycles. The van der Waals surface area contributed by atoms with Crippen LogP contribution in [0.2, 0.25) is 0 Å². The van der Waals surface area contributed by atoms with Gasteiger partial charge >= 0.3 is 11.9 Å². The lowest BCUT2D eigenvalue weighted by Crippen LogP contribution is -2.48. The highest BCUT2D eigenvalue weighted by molar-refractivity contribution is 6.27. The maximum Gasteiger partial charge on any atom is 0.414 e. The Balaban J connectivity index is 0.000000641.